The predicted molar refractivity (Wildman–Crippen MR) is 69.7 cm³/mol. The van der Waals surface area contributed by atoms with Gasteiger partial charge in [-0.3, -0.25) is 0 Å². The number of ether oxygens (including phenoxy) is 2. The third-order valence-corrected chi connectivity index (χ3v) is 3.97. The van der Waals surface area contributed by atoms with E-state index in [1.54, 1.807) is 0 Å². The Kier molecular flexibility index (Phi) is 5.99. The quantitative estimate of drug-likeness (QED) is 0.660. The summed E-state index contributed by atoms with van der Waals surface area (Å²) in [5, 5.41) is 0. The molecule has 0 N–H and O–H groups in total. The Morgan fingerprint density at radius 1 is 1.00 bits per heavy atom. The molecule has 0 aliphatic carbocycles. The molecule has 0 aliphatic heterocycles. The highest BCUT2D eigenvalue weighted by Gasteiger charge is 2.41. The molecule has 0 saturated heterocycles. The van der Waals surface area contributed by atoms with E-state index in [-0.39, 0.29) is 11.0 Å². The molecule has 0 aliphatic rings. The second-order valence-electron chi connectivity index (χ2n) is 5.95. The fourth-order valence-electron chi connectivity index (χ4n) is 1.69. The van der Waals surface area contributed by atoms with Crippen molar-refractivity contribution < 1.29 is 9.47 Å². The van der Waals surface area contributed by atoms with E-state index < -0.39 is 0 Å². The van der Waals surface area contributed by atoms with Crippen molar-refractivity contribution in [3.05, 3.63) is 0 Å². The first-order chi connectivity index (χ1) is 7.15. The molecule has 16 heavy (non-hydrogen) atoms. The van der Waals surface area contributed by atoms with Crippen LogP contribution in [-0.2, 0) is 9.47 Å². The average molecular weight is 230 g/mol. The van der Waals surface area contributed by atoms with Crippen LogP contribution in [0.15, 0.2) is 0 Å². The van der Waals surface area contributed by atoms with Crippen LogP contribution < -0.4 is 0 Å². The van der Waals surface area contributed by atoms with Crippen molar-refractivity contribution in [2.24, 2.45) is 11.3 Å². The molecular formula is C14H30O2. The van der Waals surface area contributed by atoms with Crippen molar-refractivity contribution in [2.45, 2.75) is 67.1 Å². The van der Waals surface area contributed by atoms with E-state index in [1.165, 1.54) is 0 Å². The van der Waals surface area contributed by atoms with Crippen molar-refractivity contribution >= 4 is 0 Å². The summed E-state index contributed by atoms with van der Waals surface area (Å²) in [6.07, 6.45) is 0.299. The maximum atomic E-state index is 5.87. The Hall–Kier alpha value is -0.0800. The SMILES string of the molecule is CCOC(C)(C)C(C)(C)C(C)COC(C)C. The zero-order valence-corrected chi connectivity index (χ0v) is 12.4. The second-order valence-corrected chi connectivity index (χ2v) is 5.95. The highest BCUT2D eigenvalue weighted by Crippen LogP contribution is 2.40. The zero-order chi connectivity index (χ0) is 13.0. The topological polar surface area (TPSA) is 18.5 Å². The summed E-state index contributed by atoms with van der Waals surface area (Å²) >= 11 is 0. The van der Waals surface area contributed by atoms with Crippen molar-refractivity contribution in [3.63, 3.8) is 0 Å². The van der Waals surface area contributed by atoms with Crippen molar-refractivity contribution in [3.8, 4) is 0 Å². The molecule has 0 fully saturated rings. The molecule has 0 aromatic carbocycles. The Morgan fingerprint density at radius 3 is 1.88 bits per heavy atom. The lowest BCUT2D eigenvalue weighted by Gasteiger charge is -2.45. The molecule has 1 unspecified atom stereocenters. The Labute approximate surface area is 102 Å². The van der Waals surface area contributed by atoms with Gasteiger partial charge in [-0.15, -0.1) is 0 Å². The van der Waals surface area contributed by atoms with Crippen LogP contribution >= 0.6 is 0 Å². The third kappa shape index (κ3) is 4.06. The molecule has 0 bridgehead atoms. The first-order valence-electron chi connectivity index (χ1n) is 6.40. The molecule has 2 heteroatoms. The maximum Gasteiger partial charge on any atom is 0.0680 e. The fraction of sp³-hybridized carbons (Fsp3) is 1.00. The van der Waals surface area contributed by atoms with Gasteiger partial charge in [0.2, 0.25) is 0 Å². The van der Waals surface area contributed by atoms with Gasteiger partial charge in [0.1, 0.15) is 0 Å². The molecule has 0 saturated carbocycles. The molecular weight excluding hydrogens is 200 g/mol. The minimum absolute atomic E-state index is 0.0951. The lowest BCUT2D eigenvalue weighted by atomic mass is 9.68. The van der Waals surface area contributed by atoms with Crippen LogP contribution in [0.3, 0.4) is 0 Å². The van der Waals surface area contributed by atoms with Crippen LogP contribution in [-0.4, -0.2) is 24.9 Å². The molecule has 2 nitrogen and oxygen atoms in total. The third-order valence-electron chi connectivity index (χ3n) is 3.97. The van der Waals surface area contributed by atoms with E-state index in [2.05, 4.69) is 48.5 Å². The molecule has 1 atom stereocenters. The summed E-state index contributed by atoms with van der Waals surface area (Å²) in [6, 6.07) is 0. The van der Waals surface area contributed by atoms with Crippen molar-refractivity contribution in [1.29, 1.82) is 0 Å². The van der Waals surface area contributed by atoms with E-state index in [9.17, 15) is 0 Å². The average Bonchev–Trinajstić information content (AvgIpc) is 2.13. The minimum atomic E-state index is -0.124. The highest BCUT2D eigenvalue weighted by molar-refractivity contribution is 4.91. The van der Waals surface area contributed by atoms with Gasteiger partial charge in [0.05, 0.1) is 18.3 Å². The Bertz CT molecular complexity index is 195. The van der Waals surface area contributed by atoms with Gasteiger partial charge in [-0.1, -0.05) is 20.8 Å². The van der Waals surface area contributed by atoms with Gasteiger partial charge in [-0.05, 0) is 46.0 Å². The van der Waals surface area contributed by atoms with Crippen LogP contribution in [0.1, 0.15) is 55.4 Å². The molecule has 0 heterocycles. The maximum absolute atomic E-state index is 5.87. The fourth-order valence-corrected chi connectivity index (χ4v) is 1.69. The van der Waals surface area contributed by atoms with Crippen molar-refractivity contribution in [1.82, 2.24) is 0 Å². The predicted octanol–water partition coefficient (Wildman–Crippen LogP) is 3.89. The van der Waals surface area contributed by atoms with E-state index in [0.717, 1.165) is 13.2 Å². The number of hydrogen-bond acceptors (Lipinski definition) is 2. The summed E-state index contributed by atoms with van der Waals surface area (Å²) < 4.78 is 11.6. The van der Waals surface area contributed by atoms with Crippen LogP contribution in [0.25, 0.3) is 0 Å². The largest absolute Gasteiger partial charge is 0.378 e. The molecule has 0 spiro atoms. The summed E-state index contributed by atoms with van der Waals surface area (Å²) in [5.41, 5.74) is -0.0284. The lowest BCUT2D eigenvalue weighted by Crippen LogP contribution is -2.47. The lowest BCUT2D eigenvalue weighted by molar-refractivity contribution is -0.128. The highest BCUT2D eigenvalue weighted by atomic mass is 16.5. The van der Waals surface area contributed by atoms with Gasteiger partial charge in [-0.2, -0.15) is 0 Å². The molecule has 98 valence electrons. The number of hydrogen-bond donors (Lipinski definition) is 0. The van der Waals surface area contributed by atoms with Crippen LogP contribution in [0.5, 0.6) is 0 Å². The van der Waals surface area contributed by atoms with E-state index in [4.69, 9.17) is 9.47 Å². The van der Waals surface area contributed by atoms with E-state index >= 15 is 0 Å². The van der Waals surface area contributed by atoms with Crippen LogP contribution in [0.2, 0.25) is 0 Å². The summed E-state index contributed by atoms with van der Waals surface area (Å²) in [5.74, 6) is 0.469. The van der Waals surface area contributed by atoms with Gasteiger partial charge in [0.25, 0.3) is 0 Å². The normalized spacial score (nSPS) is 15.6. The first-order valence-corrected chi connectivity index (χ1v) is 6.40. The Balaban J connectivity index is 4.50. The van der Waals surface area contributed by atoms with Crippen molar-refractivity contribution in [2.75, 3.05) is 13.2 Å². The summed E-state index contributed by atoms with van der Waals surface area (Å²) in [6.45, 7) is 18.9. The molecule has 0 aromatic rings. The zero-order valence-electron chi connectivity index (χ0n) is 12.4. The summed E-state index contributed by atoms with van der Waals surface area (Å²) in [4.78, 5) is 0. The summed E-state index contributed by atoms with van der Waals surface area (Å²) in [7, 11) is 0. The van der Waals surface area contributed by atoms with Gasteiger partial charge in [-0.25, -0.2) is 0 Å². The first kappa shape index (κ1) is 15.9. The van der Waals surface area contributed by atoms with E-state index in [0.29, 0.717) is 12.0 Å². The van der Waals surface area contributed by atoms with Gasteiger partial charge >= 0.3 is 0 Å². The van der Waals surface area contributed by atoms with Crippen LogP contribution in [0.4, 0.5) is 0 Å². The standard InChI is InChI=1S/C14H30O2/c1-9-16-14(7,8)13(5,6)12(4)10-15-11(2)3/h11-12H,9-10H2,1-8H3. The monoisotopic (exact) mass is 230 g/mol. The number of rotatable bonds is 7. The molecule has 0 rings (SSSR count). The van der Waals surface area contributed by atoms with E-state index in [1.807, 2.05) is 6.92 Å². The van der Waals surface area contributed by atoms with Gasteiger partial charge < -0.3 is 9.47 Å². The minimum Gasteiger partial charge on any atom is -0.378 e. The molecule has 0 amide bonds. The molecule has 0 aromatic heterocycles. The molecule has 0 radical (unpaired) electrons. The smallest absolute Gasteiger partial charge is 0.0680 e. The second kappa shape index (κ2) is 6.02. The Morgan fingerprint density at radius 2 is 1.50 bits per heavy atom. The van der Waals surface area contributed by atoms with Gasteiger partial charge in [0, 0.05) is 6.61 Å². The van der Waals surface area contributed by atoms with Crippen LogP contribution in [0, 0.1) is 11.3 Å². The van der Waals surface area contributed by atoms with Gasteiger partial charge in [0.15, 0.2) is 0 Å².